The van der Waals surface area contributed by atoms with Crippen LogP contribution in [0.15, 0.2) is 95.1 Å². The van der Waals surface area contributed by atoms with Gasteiger partial charge in [0.1, 0.15) is 0 Å². The van der Waals surface area contributed by atoms with Crippen molar-refractivity contribution in [3.63, 3.8) is 0 Å². The highest BCUT2D eigenvalue weighted by atomic mass is 32.1. The summed E-state index contributed by atoms with van der Waals surface area (Å²) in [6.45, 7) is 4.78. The zero-order chi connectivity index (χ0) is 22.8. The highest BCUT2D eigenvalue weighted by Gasteiger charge is 2.34. The standard InChI is InChI=1S/C27H24N4OS/c1-18-13-15-22(16-14-18)25-29-26(32-30-25)23-19(2)31(17-20-9-5-3-6-10-20)27(33)28-24(23)21-11-7-4-8-12-21/h3-16,24H,17H2,1-2H3,(H,28,33). The lowest BCUT2D eigenvalue weighted by atomic mass is 9.94. The van der Waals surface area contributed by atoms with Gasteiger partial charge in [-0.3, -0.25) is 0 Å². The largest absolute Gasteiger partial charge is 0.351 e. The molecule has 1 atom stereocenters. The molecule has 33 heavy (non-hydrogen) atoms. The second-order valence-corrected chi connectivity index (χ2v) is 8.54. The highest BCUT2D eigenvalue weighted by Crippen LogP contribution is 2.37. The summed E-state index contributed by atoms with van der Waals surface area (Å²) in [4.78, 5) is 6.87. The van der Waals surface area contributed by atoms with Gasteiger partial charge in [0.05, 0.1) is 11.6 Å². The van der Waals surface area contributed by atoms with E-state index in [0.29, 0.717) is 23.4 Å². The molecular formula is C27H24N4OS. The summed E-state index contributed by atoms with van der Waals surface area (Å²) in [5.74, 6) is 1.06. The van der Waals surface area contributed by atoms with Gasteiger partial charge in [-0.1, -0.05) is 95.6 Å². The summed E-state index contributed by atoms with van der Waals surface area (Å²) in [5, 5.41) is 8.47. The Labute approximate surface area is 198 Å². The van der Waals surface area contributed by atoms with Gasteiger partial charge >= 0.3 is 0 Å². The van der Waals surface area contributed by atoms with Crippen LogP contribution < -0.4 is 5.32 Å². The predicted octanol–water partition coefficient (Wildman–Crippen LogP) is 5.91. The molecule has 0 fully saturated rings. The van der Waals surface area contributed by atoms with Crippen molar-refractivity contribution in [2.75, 3.05) is 0 Å². The fraction of sp³-hybridized carbons (Fsp3) is 0.148. The van der Waals surface area contributed by atoms with Crippen molar-refractivity contribution in [3.05, 3.63) is 113 Å². The fourth-order valence-electron chi connectivity index (χ4n) is 4.06. The van der Waals surface area contributed by atoms with Crippen LogP contribution in [0.2, 0.25) is 0 Å². The quantitative estimate of drug-likeness (QED) is 0.380. The van der Waals surface area contributed by atoms with Crippen LogP contribution in [-0.2, 0) is 6.54 Å². The van der Waals surface area contributed by atoms with Gasteiger partial charge in [-0.2, -0.15) is 4.98 Å². The molecule has 1 aliphatic rings. The smallest absolute Gasteiger partial charge is 0.258 e. The molecule has 2 heterocycles. The number of thiocarbonyl (C=S) groups is 1. The number of aryl methyl sites for hydroxylation is 1. The lowest BCUT2D eigenvalue weighted by Gasteiger charge is -2.37. The van der Waals surface area contributed by atoms with E-state index in [0.717, 1.165) is 22.4 Å². The van der Waals surface area contributed by atoms with E-state index < -0.39 is 0 Å². The molecule has 0 amide bonds. The summed E-state index contributed by atoms with van der Waals surface area (Å²) in [6, 6.07) is 28.4. The molecule has 1 aromatic heterocycles. The van der Waals surface area contributed by atoms with Crippen molar-refractivity contribution in [1.82, 2.24) is 20.4 Å². The van der Waals surface area contributed by atoms with Crippen molar-refractivity contribution in [1.29, 1.82) is 0 Å². The minimum absolute atomic E-state index is 0.183. The molecule has 5 nitrogen and oxygen atoms in total. The number of rotatable bonds is 5. The Morgan fingerprint density at radius 1 is 0.909 bits per heavy atom. The minimum atomic E-state index is -0.183. The maximum atomic E-state index is 5.82. The first-order chi connectivity index (χ1) is 16.1. The predicted molar refractivity (Wildman–Crippen MR) is 134 cm³/mol. The molecule has 6 heteroatoms. The maximum absolute atomic E-state index is 5.82. The van der Waals surface area contributed by atoms with E-state index in [1.165, 1.54) is 11.1 Å². The molecule has 0 aliphatic carbocycles. The highest BCUT2D eigenvalue weighted by molar-refractivity contribution is 7.80. The summed E-state index contributed by atoms with van der Waals surface area (Å²) in [5.41, 5.74) is 6.29. The average Bonchev–Trinajstić information content (AvgIpc) is 3.33. The van der Waals surface area contributed by atoms with Crippen LogP contribution >= 0.6 is 12.2 Å². The van der Waals surface area contributed by atoms with E-state index in [9.17, 15) is 0 Å². The van der Waals surface area contributed by atoms with Crippen LogP contribution in [0.4, 0.5) is 0 Å². The van der Waals surface area contributed by atoms with Crippen molar-refractivity contribution in [2.24, 2.45) is 0 Å². The van der Waals surface area contributed by atoms with E-state index in [1.54, 1.807) is 0 Å². The normalized spacial score (nSPS) is 16.1. The molecule has 0 saturated carbocycles. The Morgan fingerprint density at radius 3 is 2.27 bits per heavy atom. The Hall–Kier alpha value is -3.77. The average molecular weight is 453 g/mol. The van der Waals surface area contributed by atoms with Crippen molar-refractivity contribution < 1.29 is 4.52 Å². The Morgan fingerprint density at radius 2 is 1.58 bits per heavy atom. The molecule has 1 unspecified atom stereocenters. The molecule has 5 rings (SSSR count). The molecule has 0 radical (unpaired) electrons. The second kappa shape index (κ2) is 9.00. The summed E-state index contributed by atoms with van der Waals surface area (Å²) in [7, 11) is 0. The summed E-state index contributed by atoms with van der Waals surface area (Å²) >= 11 is 5.79. The van der Waals surface area contributed by atoms with Crippen LogP contribution in [-0.4, -0.2) is 20.2 Å². The SMILES string of the molecule is CC1=C(c2nc(-c3ccc(C)cc3)no2)C(c2ccccc2)NC(=S)N1Cc1ccccc1. The topological polar surface area (TPSA) is 54.2 Å². The number of hydrogen-bond acceptors (Lipinski definition) is 4. The van der Waals surface area contributed by atoms with E-state index in [2.05, 4.69) is 53.5 Å². The molecule has 4 aromatic rings. The van der Waals surface area contributed by atoms with Crippen molar-refractivity contribution >= 4 is 22.9 Å². The molecule has 0 saturated heterocycles. The Kier molecular flexibility index (Phi) is 5.75. The van der Waals surface area contributed by atoms with Crippen molar-refractivity contribution in [3.8, 4) is 11.4 Å². The van der Waals surface area contributed by atoms with Crippen LogP contribution in [0.25, 0.3) is 17.0 Å². The molecule has 164 valence electrons. The van der Waals surface area contributed by atoms with Gasteiger partial charge in [0.2, 0.25) is 5.82 Å². The third-order valence-electron chi connectivity index (χ3n) is 5.88. The van der Waals surface area contributed by atoms with Gasteiger partial charge in [0, 0.05) is 17.8 Å². The number of aromatic nitrogens is 2. The van der Waals surface area contributed by atoms with Gasteiger partial charge < -0.3 is 14.7 Å². The molecule has 0 bridgehead atoms. The van der Waals surface area contributed by atoms with Crippen LogP contribution in [0.3, 0.4) is 0 Å². The number of allylic oxidation sites excluding steroid dienone is 1. The van der Waals surface area contributed by atoms with E-state index in [4.69, 9.17) is 21.7 Å². The first-order valence-electron chi connectivity index (χ1n) is 10.9. The van der Waals surface area contributed by atoms with Crippen molar-refractivity contribution in [2.45, 2.75) is 26.4 Å². The first kappa shape index (κ1) is 21.1. The molecule has 0 spiro atoms. The van der Waals surface area contributed by atoms with Crippen LogP contribution in [0, 0.1) is 6.92 Å². The summed E-state index contributed by atoms with van der Waals surface area (Å²) in [6.07, 6.45) is 0. The fourth-order valence-corrected chi connectivity index (χ4v) is 4.38. The molecule has 1 aliphatic heterocycles. The molecular weight excluding hydrogens is 428 g/mol. The van der Waals surface area contributed by atoms with E-state index in [-0.39, 0.29) is 6.04 Å². The Balaban J connectivity index is 1.59. The number of hydrogen-bond donors (Lipinski definition) is 1. The van der Waals surface area contributed by atoms with Gasteiger partial charge in [-0.25, -0.2) is 0 Å². The van der Waals surface area contributed by atoms with Gasteiger partial charge in [-0.05, 0) is 37.2 Å². The number of nitrogens with zero attached hydrogens (tertiary/aromatic N) is 3. The van der Waals surface area contributed by atoms with Crippen LogP contribution in [0.5, 0.6) is 0 Å². The number of nitrogens with one attached hydrogen (secondary N) is 1. The maximum Gasteiger partial charge on any atom is 0.258 e. The lowest BCUT2D eigenvalue weighted by molar-refractivity contribution is 0.396. The van der Waals surface area contributed by atoms with Gasteiger partial charge in [0.15, 0.2) is 5.11 Å². The van der Waals surface area contributed by atoms with Crippen LogP contribution in [0.1, 0.15) is 35.5 Å². The lowest BCUT2D eigenvalue weighted by Crippen LogP contribution is -2.45. The zero-order valence-corrected chi connectivity index (χ0v) is 19.3. The third kappa shape index (κ3) is 4.30. The van der Waals surface area contributed by atoms with Gasteiger partial charge in [-0.15, -0.1) is 0 Å². The zero-order valence-electron chi connectivity index (χ0n) is 18.5. The minimum Gasteiger partial charge on any atom is -0.351 e. The van der Waals surface area contributed by atoms with E-state index in [1.807, 2.05) is 60.7 Å². The first-order valence-corrected chi connectivity index (χ1v) is 11.3. The van der Waals surface area contributed by atoms with E-state index >= 15 is 0 Å². The second-order valence-electron chi connectivity index (χ2n) is 8.15. The molecule has 1 N–H and O–H groups in total. The monoisotopic (exact) mass is 452 g/mol. The van der Waals surface area contributed by atoms with Gasteiger partial charge in [0.25, 0.3) is 5.89 Å². The third-order valence-corrected chi connectivity index (χ3v) is 6.22. The number of benzene rings is 3. The Bertz CT molecular complexity index is 1300. The summed E-state index contributed by atoms with van der Waals surface area (Å²) < 4.78 is 5.82. The molecule has 3 aromatic carbocycles.